The Kier molecular flexibility index (Phi) is 2.03. The summed E-state index contributed by atoms with van der Waals surface area (Å²) in [4.78, 5) is 37.2. The van der Waals surface area contributed by atoms with E-state index < -0.39 is 11.5 Å². The van der Waals surface area contributed by atoms with Crippen LogP contribution < -0.4 is 0 Å². The van der Waals surface area contributed by atoms with E-state index in [4.69, 9.17) is 0 Å². The predicted molar refractivity (Wildman–Crippen MR) is 61.4 cm³/mol. The topological polar surface area (TPSA) is 74.7 Å². The number of nitrogens with zero attached hydrogens (tertiary/aromatic N) is 1. The summed E-state index contributed by atoms with van der Waals surface area (Å²) in [6, 6.07) is 0. The fourth-order valence-electron chi connectivity index (χ4n) is 3.86. The molecule has 18 heavy (non-hydrogen) atoms. The van der Waals surface area contributed by atoms with Crippen LogP contribution in [0, 0.1) is 17.3 Å². The summed E-state index contributed by atoms with van der Waals surface area (Å²) in [5.74, 6) is -2.14. The number of hydrogen-bond donors (Lipinski definition) is 1. The highest BCUT2D eigenvalue weighted by Crippen LogP contribution is 2.64. The SMILES string of the molecule is CC1(C)C2C(=O)N(C3(C(=O)O)CCCC3)C(=O)C21. The van der Waals surface area contributed by atoms with Crippen molar-refractivity contribution in [3.05, 3.63) is 0 Å². The van der Waals surface area contributed by atoms with E-state index in [1.165, 1.54) is 0 Å². The summed E-state index contributed by atoms with van der Waals surface area (Å²) in [6.07, 6.45) is 2.34. The van der Waals surface area contributed by atoms with Gasteiger partial charge in [0.05, 0.1) is 11.8 Å². The molecular formula is C13H17NO4. The minimum atomic E-state index is -1.25. The standard InChI is InChI=1S/C13H17NO4/c1-12(2)7-8(12)10(16)14(9(7)15)13(11(17)18)5-3-4-6-13/h7-8H,3-6H2,1-2H3,(H,17,18). The molecule has 1 heterocycles. The lowest BCUT2D eigenvalue weighted by Gasteiger charge is -2.35. The van der Waals surface area contributed by atoms with Gasteiger partial charge in [-0.15, -0.1) is 0 Å². The van der Waals surface area contributed by atoms with Crippen molar-refractivity contribution in [2.45, 2.75) is 45.1 Å². The Morgan fingerprint density at radius 2 is 1.61 bits per heavy atom. The van der Waals surface area contributed by atoms with E-state index in [0.717, 1.165) is 17.7 Å². The van der Waals surface area contributed by atoms with Crippen molar-refractivity contribution in [2.24, 2.45) is 17.3 Å². The first kappa shape index (κ1) is 11.7. The second-order valence-corrected chi connectivity index (χ2v) is 6.33. The van der Waals surface area contributed by atoms with Crippen LogP contribution in [-0.4, -0.2) is 33.3 Å². The van der Waals surface area contributed by atoms with E-state index in [2.05, 4.69) is 0 Å². The number of carbonyl (C=O) groups is 3. The van der Waals surface area contributed by atoms with E-state index >= 15 is 0 Å². The smallest absolute Gasteiger partial charge is 0.330 e. The molecule has 98 valence electrons. The first-order valence-corrected chi connectivity index (χ1v) is 6.45. The zero-order valence-corrected chi connectivity index (χ0v) is 10.6. The van der Waals surface area contributed by atoms with Gasteiger partial charge in [-0.3, -0.25) is 14.5 Å². The van der Waals surface area contributed by atoms with Gasteiger partial charge in [-0.25, -0.2) is 4.79 Å². The molecule has 2 amide bonds. The van der Waals surface area contributed by atoms with Crippen molar-refractivity contribution in [2.75, 3.05) is 0 Å². The number of likely N-dealkylation sites (tertiary alicyclic amines) is 1. The minimum absolute atomic E-state index is 0.265. The van der Waals surface area contributed by atoms with Gasteiger partial charge in [-0.05, 0) is 18.3 Å². The van der Waals surface area contributed by atoms with Gasteiger partial charge in [0.25, 0.3) is 0 Å². The molecule has 3 rings (SSSR count). The maximum Gasteiger partial charge on any atom is 0.330 e. The molecule has 0 radical (unpaired) electrons. The first-order chi connectivity index (χ1) is 8.34. The monoisotopic (exact) mass is 251 g/mol. The van der Waals surface area contributed by atoms with E-state index in [-0.39, 0.29) is 29.1 Å². The highest BCUT2D eigenvalue weighted by molar-refractivity contribution is 6.13. The molecule has 5 heteroatoms. The number of hydrogen-bond acceptors (Lipinski definition) is 3. The van der Waals surface area contributed by atoms with Gasteiger partial charge in [-0.1, -0.05) is 26.7 Å². The fourth-order valence-corrected chi connectivity index (χ4v) is 3.86. The van der Waals surface area contributed by atoms with E-state index in [1.54, 1.807) is 0 Å². The number of rotatable bonds is 2. The normalized spacial score (nSPS) is 35.8. The van der Waals surface area contributed by atoms with Crippen LogP contribution >= 0.6 is 0 Å². The van der Waals surface area contributed by atoms with E-state index in [1.807, 2.05) is 13.8 Å². The summed E-state index contributed by atoms with van der Waals surface area (Å²) in [5.41, 5.74) is -1.53. The molecule has 5 nitrogen and oxygen atoms in total. The molecular weight excluding hydrogens is 234 g/mol. The molecule has 1 aliphatic heterocycles. The van der Waals surface area contributed by atoms with Crippen LogP contribution in [0.5, 0.6) is 0 Å². The van der Waals surface area contributed by atoms with Crippen molar-refractivity contribution in [3.63, 3.8) is 0 Å². The Morgan fingerprint density at radius 1 is 1.17 bits per heavy atom. The van der Waals surface area contributed by atoms with Gasteiger partial charge < -0.3 is 5.11 Å². The maximum absolute atomic E-state index is 12.3. The van der Waals surface area contributed by atoms with Gasteiger partial charge in [-0.2, -0.15) is 0 Å². The average molecular weight is 251 g/mol. The number of piperidine rings is 1. The lowest BCUT2D eigenvalue weighted by molar-refractivity contribution is -0.165. The average Bonchev–Trinajstić information content (AvgIpc) is 2.66. The molecule has 3 aliphatic rings. The summed E-state index contributed by atoms with van der Waals surface area (Å²) in [5, 5.41) is 9.44. The number of aliphatic carboxylic acids is 1. The van der Waals surface area contributed by atoms with Gasteiger partial charge in [0.2, 0.25) is 11.8 Å². The zero-order valence-electron chi connectivity index (χ0n) is 10.6. The third kappa shape index (κ3) is 1.10. The zero-order chi connectivity index (χ0) is 13.3. The molecule has 0 spiro atoms. The van der Waals surface area contributed by atoms with Crippen LogP contribution in [0.4, 0.5) is 0 Å². The van der Waals surface area contributed by atoms with E-state index in [0.29, 0.717) is 12.8 Å². The summed E-state index contributed by atoms with van der Waals surface area (Å²) < 4.78 is 0. The third-order valence-electron chi connectivity index (χ3n) is 5.06. The molecule has 2 atom stereocenters. The van der Waals surface area contributed by atoms with Crippen LogP contribution in [0.3, 0.4) is 0 Å². The van der Waals surface area contributed by atoms with Crippen molar-refractivity contribution in [1.82, 2.24) is 4.90 Å². The maximum atomic E-state index is 12.3. The van der Waals surface area contributed by atoms with Crippen LogP contribution in [0.1, 0.15) is 39.5 Å². The van der Waals surface area contributed by atoms with Crippen LogP contribution in [0.25, 0.3) is 0 Å². The van der Waals surface area contributed by atoms with Crippen LogP contribution in [0.2, 0.25) is 0 Å². The second kappa shape index (κ2) is 3.13. The highest BCUT2D eigenvalue weighted by Gasteiger charge is 2.75. The molecule has 1 N–H and O–H groups in total. The van der Waals surface area contributed by atoms with Gasteiger partial charge in [0.15, 0.2) is 0 Å². The summed E-state index contributed by atoms with van der Waals surface area (Å²) in [6.45, 7) is 3.80. The van der Waals surface area contributed by atoms with E-state index in [9.17, 15) is 19.5 Å². The Morgan fingerprint density at radius 3 is 2.00 bits per heavy atom. The molecule has 2 unspecified atom stereocenters. The highest BCUT2D eigenvalue weighted by atomic mass is 16.4. The number of carbonyl (C=O) groups excluding carboxylic acids is 2. The molecule has 2 saturated carbocycles. The molecule has 0 aromatic heterocycles. The quantitative estimate of drug-likeness (QED) is 0.744. The number of carboxylic acids is 1. The molecule has 0 aromatic rings. The van der Waals surface area contributed by atoms with Crippen molar-refractivity contribution < 1.29 is 19.5 Å². The molecule has 0 aromatic carbocycles. The van der Waals surface area contributed by atoms with Crippen LogP contribution in [0.15, 0.2) is 0 Å². The minimum Gasteiger partial charge on any atom is -0.479 e. The largest absolute Gasteiger partial charge is 0.479 e. The summed E-state index contributed by atoms with van der Waals surface area (Å²) in [7, 11) is 0. The molecule has 1 saturated heterocycles. The second-order valence-electron chi connectivity index (χ2n) is 6.33. The molecule has 0 bridgehead atoms. The number of fused-ring (bicyclic) bond motifs is 1. The fraction of sp³-hybridized carbons (Fsp3) is 0.769. The third-order valence-corrected chi connectivity index (χ3v) is 5.06. The van der Waals surface area contributed by atoms with Gasteiger partial charge in [0, 0.05) is 0 Å². The first-order valence-electron chi connectivity index (χ1n) is 6.45. The summed E-state index contributed by atoms with van der Waals surface area (Å²) >= 11 is 0. The van der Waals surface area contributed by atoms with Crippen molar-refractivity contribution in [3.8, 4) is 0 Å². The Bertz CT molecular complexity index is 438. The van der Waals surface area contributed by atoms with Crippen molar-refractivity contribution in [1.29, 1.82) is 0 Å². The Balaban J connectivity index is 1.97. The lowest BCUT2D eigenvalue weighted by Crippen LogP contribution is -2.57. The van der Waals surface area contributed by atoms with Gasteiger partial charge >= 0.3 is 5.97 Å². The Labute approximate surface area is 105 Å². The van der Waals surface area contributed by atoms with Crippen molar-refractivity contribution >= 4 is 17.8 Å². The molecule has 3 fully saturated rings. The predicted octanol–water partition coefficient (Wildman–Crippen LogP) is 1.02. The lowest BCUT2D eigenvalue weighted by atomic mass is 9.93. The van der Waals surface area contributed by atoms with Crippen LogP contribution in [-0.2, 0) is 14.4 Å². The molecule has 2 aliphatic carbocycles. The number of imide groups is 1. The Hall–Kier alpha value is -1.39. The number of carboxylic acid groups (broad SMARTS) is 1. The number of amides is 2. The van der Waals surface area contributed by atoms with Gasteiger partial charge in [0.1, 0.15) is 5.54 Å².